The molecule has 0 aliphatic carbocycles. The lowest BCUT2D eigenvalue weighted by Gasteiger charge is -2.20. The van der Waals surface area contributed by atoms with Gasteiger partial charge in [-0.1, -0.05) is 59.9 Å². The average molecular weight is 466 g/mol. The number of aromatic nitrogens is 2. The topological polar surface area (TPSA) is 55.3 Å². The van der Waals surface area contributed by atoms with Gasteiger partial charge in [0.1, 0.15) is 5.75 Å². The van der Waals surface area contributed by atoms with Gasteiger partial charge in [0.25, 0.3) is 5.91 Å². The molecule has 0 atom stereocenters. The van der Waals surface area contributed by atoms with E-state index in [1.54, 1.807) is 24.4 Å². The molecule has 6 heteroatoms. The molecule has 0 fully saturated rings. The summed E-state index contributed by atoms with van der Waals surface area (Å²) in [6.45, 7) is 0.384. The van der Waals surface area contributed by atoms with Crippen molar-refractivity contribution in [3.05, 3.63) is 120 Å². The first-order valence-corrected chi connectivity index (χ1v) is 11.8. The third-order valence-corrected chi connectivity index (χ3v) is 6.63. The van der Waals surface area contributed by atoms with E-state index in [0.29, 0.717) is 17.2 Å². The Morgan fingerprint density at radius 2 is 1.68 bits per heavy atom. The fourth-order valence-corrected chi connectivity index (χ4v) is 4.73. The number of benzene rings is 3. The number of rotatable bonds is 7. The second-order valence-electron chi connectivity index (χ2n) is 7.94. The zero-order chi connectivity index (χ0) is 23.3. The van der Waals surface area contributed by atoms with E-state index in [9.17, 15) is 4.79 Å². The van der Waals surface area contributed by atoms with E-state index in [1.807, 2.05) is 72.8 Å². The Hall–Kier alpha value is -4.03. The smallest absolute Gasteiger partial charge is 0.260 e. The number of anilines is 1. The van der Waals surface area contributed by atoms with Crippen molar-refractivity contribution < 1.29 is 9.53 Å². The second-order valence-corrected chi connectivity index (χ2v) is 8.95. The summed E-state index contributed by atoms with van der Waals surface area (Å²) in [7, 11) is 1.63. The van der Waals surface area contributed by atoms with Gasteiger partial charge in [0.05, 0.1) is 23.9 Å². The molecule has 34 heavy (non-hydrogen) atoms. The molecule has 0 radical (unpaired) electrons. The van der Waals surface area contributed by atoms with Gasteiger partial charge in [-0.25, -0.2) is 4.98 Å². The van der Waals surface area contributed by atoms with Crippen LogP contribution in [0.5, 0.6) is 5.75 Å². The number of amides is 1. The minimum absolute atomic E-state index is 0.0962. The molecule has 2 aromatic heterocycles. The lowest BCUT2D eigenvalue weighted by molar-refractivity contribution is 0.0985. The molecular formula is C28H23N3O2S. The molecule has 0 aliphatic heterocycles. The first-order chi connectivity index (χ1) is 16.7. The standard InChI is InChI=1S/C28H23N3O2S/c1-33-24-13-14-26-25(17-24)30-28(34-26)31(19-22-8-5-15-29-18-22)27(32)23-11-9-21(10-12-23)16-20-6-3-2-4-7-20/h2-15,17-18H,16,19H2,1H3. The highest BCUT2D eigenvalue weighted by Crippen LogP contribution is 2.32. The molecule has 0 saturated heterocycles. The van der Waals surface area contributed by atoms with Gasteiger partial charge in [0.15, 0.2) is 5.13 Å². The maximum Gasteiger partial charge on any atom is 0.260 e. The fourth-order valence-electron chi connectivity index (χ4n) is 3.79. The van der Waals surface area contributed by atoms with Crippen molar-refractivity contribution in [1.82, 2.24) is 9.97 Å². The lowest BCUT2D eigenvalue weighted by Crippen LogP contribution is -2.30. The Kier molecular flexibility index (Phi) is 6.31. The molecule has 0 unspecified atom stereocenters. The third kappa shape index (κ3) is 4.82. The zero-order valence-corrected chi connectivity index (χ0v) is 19.5. The predicted molar refractivity (Wildman–Crippen MR) is 137 cm³/mol. The number of hydrogen-bond donors (Lipinski definition) is 0. The van der Waals surface area contributed by atoms with E-state index in [2.05, 4.69) is 17.1 Å². The largest absolute Gasteiger partial charge is 0.497 e. The van der Waals surface area contributed by atoms with Gasteiger partial charge in [-0.15, -0.1) is 0 Å². The summed E-state index contributed by atoms with van der Waals surface area (Å²) in [5.74, 6) is 0.643. The van der Waals surface area contributed by atoms with E-state index >= 15 is 0 Å². The molecule has 0 N–H and O–H groups in total. The highest BCUT2D eigenvalue weighted by Gasteiger charge is 2.22. The van der Waals surface area contributed by atoms with Crippen LogP contribution in [0.3, 0.4) is 0 Å². The normalized spacial score (nSPS) is 10.9. The number of thiazole rings is 1. The van der Waals surface area contributed by atoms with E-state index in [-0.39, 0.29) is 5.91 Å². The molecule has 1 amide bonds. The Balaban J connectivity index is 1.45. The predicted octanol–water partition coefficient (Wildman–Crippen LogP) is 6.14. The first kappa shape index (κ1) is 21.8. The van der Waals surface area contributed by atoms with E-state index in [0.717, 1.165) is 33.5 Å². The summed E-state index contributed by atoms with van der Waals surface area (Å²) in [4.78, 5) is 24.4. The number of ether oxygens (including phenoxy) is 1. The fraction of sp³-hybridized carbons (Fsp3) is 0.107. The number of hydrogen-bond acceptors (Lipinski definition) is 5. The molecule has 0 aliphatic rings. The quantitative estimate of drug-likeness (QED) is 0.290. The van der Waals surface area contributed by atoms with Gasteiger partial charge in [-0.2, -0.15) is 0 Å². The van der Waals surface area contributed by atoms with Crippen molar-refractivity contribution in [2.24, 2.45) is 0 Å². The number of methoxy groups -OCH3 is 1. The Labute approximate surface area is 202 Å². The van der Waals surface area contributed by atoms with E-state index < -0.39 is 0 Å². The van der Waals surface area contributed by atoms with Crippen molar-refractivity contribution in [3.63, 3.8) is 0 Å². The SMILES string of the molecule is COc1ccc2sc(N(Cc3cccnc3)C(=O)c3ccc(Cc4ccccc4)cc3)nc2c1. The first-order valence-electron chi connectivity index (χ1n) is 11.0. The monoisotopic (exact) mass is 465 g/mol. The maximum atomic E-state index is 13.7. The van der Waals surface area contributed by atoms with Crippen LogP contribution >= 0.6 is 11.3 Å². The molecule has 0 saturated carbocycles. The van der Waals surface area contributed by atoms with Gasteiger partial charge in [-0.3, -0.25) is 14.7 Å². The van der Waals surface area contributed by atoms with Crippen LogP contribution in [0.2, 0.25) is 0 Å². The number of carbonyl (C=O) groups is 1. The van der Waals surface area contributed by atoms with Gasteiger partial charge in [0.2, 0.25) is 0 Å². The number of nitrogens with zero attached hydrogens (tertiary/aromatic N) is 3. The third-order valence-electron chi connectivity index (χ3n) is 5.57. The van der Waals surface area contributed by atoms with Crippen molar-refractivity contribution in [2.45, 2.75) is 13.0 Å². The maximum absolute atomic E-state index is 13.7. The average Bonchev–Trinajstić information content (AvgIpc) is 3.31. The van der Waals surface area contributed by atoms with Crippen LogP contribution in [-0.2, 0) is 13.0 Å². The van der Waals surface area contributed by atoms with Crippen LogP contribution in [-0.4, -0.2) is 23.0 Å². The minimum Gasteiger partial charge on any atom is -0.497 e. The Bertz CT molecular complexity index is 1400. The molecule has 2 heterocycles. The van der Waals surface area contributed by atoms with Crippen molar-refractivity contribution in [2.75, 3.05) is 12.0 Å². The van der Waals surface area contributed by atoms with Crippen LogP contribution in [0.4, 0.5) is 5.13 Å². The minimum atomic E-state index is -0.0962. The number of carbonyl (C=O) groups excluding carboxylic acids is 1. The summed E-state index contributed by atoms with van der Waals surface area (Å²) < 4.78 is 6.33. The van der Waals surface area contributed by atoms with E-state index in [1.165, 1.54) is 16.9 Å². The molecular weight excluding hydrogens is 442 g/mol. The van der Waals surface area contributed by atoms with Crippen molar-refractivity contribution in [3.8, 4) is 5.75 Å². The van der Waals surface area contributed by atoms with Crippen molar-refractivity contribution >= 4 is 32.6 Å². The molecule has 168 valence electrons. The lowest BCUT2D eigenvalue weighted by atomic mass is 10.0. The van der Waals surface area contributed by atoms with Gasteiger partial charge < -0.3 is 4.74 Å². The summed E-state index contributed by atoms with van der Waals surface area (Å²) in [5, 5.41) is 0.644. The zero-order valence-electron chi connectivity index (χ0n) is 18.7. The highest BCUT2D eigenvalue weighted by molar-refractivity contribution is 7.22. The number of pyridine rings is 1. The van der Waals surface area contributed by atoms with Gasteiger partial charge in [-0.05, 0) is 53.4 Å². The summed E-state index contributed by atoms with van der Waals surface area (Å²) in [6, 6.07) is 27.7. The number of fused-ring (bicyclic) bond motifs is 1. The highest BCUT2D eigenvalue weighted by atomic mass is 32.1. The van der Waals surface area contributed by atoms with Crippen LogP contribution in [0, 0.1) is 0 Å². The van der Waals surface area contributed by atoms with Crippen molar-refractivity contribution in [1.29, 1.82) is 0 Å². The van der Waals surface area contributed by atoms with Gasteiger partial charge in [0, 0.05) is 24.0 Å². The van der Waals surface area contributed by atoms with Gasteiger partial charge >= 0.3 is 0 Å². The second kappa shape index (κ2) is 9.85. The van der Waals surface area contributed by atoms with Crippen LogP contribution in [0.1, 0.15) is 27.0 Å². The van der Waals surface area contributed by atoms with Crippen LogP contribution < -0.4 is 9.64 Å². The molecule has 0 bridgehead atoms. The molecule has 5 aromatic rings. The Morgan fingerprint density at radius 1 is 0.912 bits per heavy atom. The summed E-state index contributed by atoms with van der Waals surface area (Å²) in [5.41, 5.74) is 4.77. The molecule has 0 spiro atoms. The van der Waals surface area contributed by atoms with E-state index in [4.69, 9.17) is 9.72 Å². The Morgan fingerprint density at radius 3 is 2.41 bits per heavy atom. The van der Waals surface area contributed by atoms with Crippen LogP contribution in [0.25, 0.3) is 10.2 Å². The molecule has 5 rings (SSSR count). The molecule has 3 aromatic carbocycles. The molecule has 5 nitrogen and oxygen atoms in total. The summed E-state index contributed by atoms with van der Waals surface area (Å²) >= 11 is 1.49. The summed E-state index contributed by atoms with van der Waals surface area (Å²) in [6.07, 6.45) is 4.33. The van der Waals surface area contributed by atoms with Crippen LogP contribution in [0.15, 0.2) is 97.3 Å².